The summed E-state index contributed by atoms with van der Waals surface area (Å²) in [7, 11) is 0. The van der Waals surface area contributed by atoms with E-state index < -0.39 is 0 Å². The molecule has 0 fully saturated rings. The molecule has 2 rings (SSSR count). The van der Waals surface area contributed by atoms with Crippen molar-refractivity contribution in [1.29, 1.82) is 0 Å². The van der Waals surface area contributed by atoms with Crippen LogP contribution in [0.4, 0.5) is 0 Å². The SMILES string of the molecule is Cc1cc(C(=O)CCl)c(C)n1C(C)c1ccco1. The molecule has 2 aromatic rings. The molecule has 0 aromatic carbocycles. The topological polar surface area (TPSA) is 35.1 Å². The Kier molecular flexibility index (Phi) is 3.62. The van der Waals surface area contributed by atoms with E-state index in [9.17, 15) is 4.79 Å². The van der Waals surface area contributed by atoms with Crippen LogP contribution in [0.5, 0.6) is 0 Å². The summed E-state index contributed by atoms with van der Waals surface area (Å²) in [6.07, 6.45) is 1.66. The second-order valence-corrected chi connectivity index (χ2v) is 4.67. The Labute approximate surface area is 111 Å². The molecule has 3 nitrogen and oxygen atoms in total. The molecule has 0 radical (unpaired) electrons. The van der Waals surface area contributed by atoms with Crippen LogP contribution in [0.2, 0.25) is 0 Å². The number of nitrogens with zero attached hydrogens (tertiary/aromatic N) is 1. The van der Waals surface area contributed by atoms with E-state index in [-0.39, 0.29) is 17.7 Å². The minimum atomic E-state index is -0.0392. The zero-order chi connectivity index (χ0) is 13.3. The Morgan fingerprint density at radius 2 is 2.22 bits per heavy atom. The smallest absolute Gasteiger partial charge is 0.179 e. The maximum atomic E-state index is 11.7. The minimum absolute atomic E-state index is 0.0133. The van der Waals surface area contributed by atoms with E-state index in [1.54, 1.807) is 6.26 Å². The molecule has 4 heteroatoms. The Morgan fingerprint density at radius 1 is 1.50 bits per heavy atom. The third-order valence-electron chi connectivity index (χ3n) is 3.25. The molecular weight excluding hydrogens is 250 g/mol. The van der Waals surface area contributed by atoms with Crippen LogP contribution in [-0.4, -0.2) is 16.2 Å². The highest BCUT2D eigenvalue weighted by Crippen LogP contribution is 2.26. The number of aromatic nitrogens is 1. The molecule has 0 bridgehead atoms. The van der Waals surface area contributed by atoms with Gasteiger partial charge >= 0.3 is 0 Å². The van der Waals surface area contributed by atoms with Crippen molar-refractivity contribution in [3.8, 4) is 0 Å². The molecule has 0 spiro atoms. The van der Waals surface area contributed by atoms with Crippen LogP contribution < -0.4 is 0 Å². The van der Waals surface area contributed by atoms with E-state index in [1.807, 2.05) is 39.0 Å². The van der Waals surface area contributed by atoms with Gasteiger partial charge in [0.15, 0.2) is 5.78 Å². The number of ketones is 1. The van der Waals surface area contributed by atoms with Crippen molar-refractivity contribution in [2.24, 2.45) is 0 Å². The average Bonchev–Trinajstić information content (AvgIpc) is 2.96. The summed E-state index contributed by atoms with van der Waals surface area (Å²) in [5, 5.41) is 0. The van der Waals surface area contributed by atoms with Crippen LogP contribution in [0.15, 0.2) is 28.9 Å². The van der Waals surface area contributed by atoms with Gasteiger partial charge in [-0.3, -0.25) is 4.79 Å². The summed E-state index contributed by atoms with van der Waals surface area (Å²) in [4.78, 5) is 11.7. The number of aryl methyl sites for hydroxylation is 1. The van der Waals surface area contributed by atoms with Crippen LogP contribution in [-0.2, 0) is 0 Å². The molecule has 18 heavy (non-hydrogen) atoms. The minimum Gasteiger partial charge on any atom is -0.467 e. The monoisotopic (exact) mass is 265 g/mol. The predicted octanol–water partition coefficient (Wildman–Crippen LogP) is 3.73. The molecule has 1 atom stereocenters. The van der Waals surface area contributed by atoms with Crippen LogP contribution in [0.25, 0.3) is 0 Å². The molecule has 0 aliphatic heterocycles. The largest absolute Gasteiger partial charge is 0.467 e. The first kappa shape index (κ1) is 13.0. The highest BCUT2D eigenvalue weighted by atomic mass is 35.5. The van der Waals surface area contributed by atoms with E-state index in [1.165, 1.54) is 0 Å². The van der Waals surface area contributed by atoms with E-state index in [2.05, 4.69) is 4.57 Å². The first-order chi connectivity index (χ1) is 8.56. The average molecular weight is 266 g/mol. The highest BCUT2D eigenvalue weighted by Gasteiger charge is 2.20. The Balaban J connectivity index is 2.46. The van der Waals surface area contributed by atoms with Gasteiger partial charge in [0.1, 0.15) is 5.76 Å². The highest BCUT2D eigenvalue weighted by molar-refractivity contribution is 6.30. The summed E-state index contributed by atoms with van der Waals surface area (Å²) in [5.41, 5.74) is 2.66. The summed E-state index contributed by atoms with van der Waals surface area (Å²) in [5.74, 6) is 0.851. The maximum absolute atomic E-state index is 11.7. The zero-order valence-electron chi connectivity index (χ0n) is 10.7. The number of Topliss-reactive ketones (excluding diaryl/α,β-unsaturated/α-hetero) is 1. The zero-order valence-corrected chi connectivity index (χ0v) is 11.5. The number of hydrogen-bond donors (Lipinski definition) is 0. The molecule has 0 N–H and O–H groups in total. The normalized spacial score (nSPS) is 12.7. The first-order valence-electron chi connectivity index (χ1n) is 5.87. The maximum Gasteiger partial charge on any atom is 0.179 e. The lowest BCUT2D eigenvalue weighted by atomic mass is 10.2. The van der Waals surface area contributed by atoms with Gasteiger partial charge in [0, 0.05) is 17.0 Å². The van der Waals surface area contributed by atoms with E-state index in [0.717, 1.165) is 17.1 Å². The fourth-order valence-corrected chi connectivity index (χ4v) is 2.53. The number of rotatable bonds is 4. The second kappa shape index (κ2) is 5.02. The number of hydrogen-bond acceptors (Lipinski definition) is 2. The van der Waals surface area contributed by atoms with Crippen molar-refractivity contribution < 1.29 is 9.21 Å². The van der Waals surface area contributed by atoms with Gasteiger partial charge in [-0.25, -0.2) is 0 Å². The standard InChI is InChI=1S/C14H16ClNO2/c1-9-7-12(13(17)8-15)10(2)16(9)11(3)14-5-4-6-18-14/h4-7,11H,8H2,1-3H3. The lowest BCUT2D eigenvalue weighted by molar-refractivity contribution is 0.102. The van der Waals surface area contributed by atoms with Crippen molar-refractivity contribution >= 4 is 17.4 Å². The quantitative estimate of drug-likeness (QED) is 0.624. The third kappa shape index (κ3) is 2.10. The van der Waals surface area contributed by atoms with Gasteiger partial charge in [-0.15, -0.1) is 11.6 Å². The van der Waals surface area contributed by atoms with Crippen molar-refractivity contribution in [2.45, 2.75) is 26.8 Å². The Bertz CT molecular complexity index is 555. The summed E-state index contributed by atoms with van der Waals surface area (Å²) < 4.78 is 7.52. The van der Waals surface area contributed by atoms with E-state index >= 15 is 0 Å². The molecule has 1 unspecified atom stereocenters. The lowest BCUT2D eigenvalue weighted by Crippen LogP contribution is -2.11. The molecule has 0 aliphatic rings. The molecule has 2 heterocycles. The van der Waals surface area contributed by atoms with Crippen molar-refractivity contribution in [1.82, 2.24) is 4.57 Å². The third-order valence-corrected chi connectivity index (χ3v) is 3.49. The number of carbonyl (C=O) groups excluding carboxylic acids is 1. The molecule has 0 aliphatic carbocycles. The molecule has 0 amide bonds. The summed E-state index contributed by atoms with van der Waals surface area (Å²) >= 11 is 5.62. The summed E-state index contributed by atoms with van der Waals surface area (Å²) in [6.45, 7) is 5.97. The van der Waals surface area contributed by atoms with Crippen LogP contribution in [0.3, 0.4) is 0 Å². The Morgan fingerprint density at radius 3 is 2.78 bits per heavy atom. The van der Waals surface area contributed by atoms with Gasteiger partial charge in [-0.2, -0.15) is 0 Å². The predicted molar refractivity (Wildman–Crippen MR) is 71.5 cm³/mol. The second-order valence-electron chi connectivity index (χ2n) is 4.40. The van der Waals surface area contributed by atoms with E-state index in [0.29, 0.717) is 5.56 Å². The number of furan rings is 1. The number of alkyl halides is 1. The summed E-state index contributed by atoms with van der Waals surface area (Å²) in [6, 6.07) is 5.76. The van der Waals surface area contributed by atoms with Gasteiger partial charge in [0.2, 0.25) is 0 Å². The van der Waals surface area contributed by atoms with E-state index in [4.69, 9.17) is 16.0 Å². The van der Waals surface area contributed by atoms with Crippen LogP contribution in [0, 0.1) is 13.8 Å². The fourth-order valence-electron chi connectivity index (χ4n) is 2.38. The van der Waals surface area contributed by atoms with Crippen LogP contribution >= 0.6 is 11.6 Å². The van der Waals surface area contributed by atoms with Crippen molar-refractivity contribution in [3.05, 3.63) is 47.2 Å². The van der Waals surface area contributed by atoms with Crippen LogP contribution in [0.1, 0.15) is 40.5 Å². The molecular formula is C14H16ClNO2. The molecule has 96 valence electrons. The number of halogens is 1. The van der Waals surface area contributed by atoms with Crippen molar-refractivity contribution in [2.75, 3.05) is 5.88 Å². The molecule has 0 saturated carbocycles. The van der Waals surface area contributed by atoms with Gasteiger partial charge in [0.25, 0.3) is 0 Å². The first-order valence-corrected chi connectivity index (χ1v) is 6.40. The lowest BCUT2D eigenvalue weighted by Gasteiger charge is -2.16. The van der Waals surface area contributed by atoms with Gasteiger partial charge in [-0.1, -0.05) is 0 Å². The van der Waals surface area contributed by atoms with Gasteiger partial charge in [-0.05, 0) is 39.0 Å². The fraction of sp³-hybridized carbons (Fsp3) is 0.357. The number of carbonyl (C=O) groups is 1. The van der Waals surface area contributed by atoms with Crippen molar-refractivity contribution in [3.63, 3.8) is 0 Å². The molecule has 0 saturated heterocycles. The van der Waals surface area contributed by atoms with Gasteiger partial charge < -0.3 is 8.98 Å². The van der Waals surface area contributed by atoms with Gasteiger partial charge in [0.05, 0.1) is 18.2 Å². The molecule has 2 aromatic heterocycles. The Hall–Kier alpha value is -1.48.